The van der Waals surface area contributed by atoms with Crippen molar-refractivity contribution in [3.05, 3.63) is 58.9 Å². The maximum Gasteiger partial charge on any atom is 0.238 e. The minimum atomic E-state index is -0.166. The van der Waals surface area contributed by atoms with E-state index in [1.54, 1.807) is 0 Å². The Labute approximate surface area is 155 Å². The molecule has 26 heavy (non-hydrogen) atoms. The highest BCUT2D eigenvalue weighted by molar-refractivity contribution is 5.77. The normalized spacial score (nSPS) is 17.6. The van der Waals surface area contributed by atoms with Crippen LogP contribution in [0.15, 0.2) is 47.8 Å². The second-order valence-corrected chi connectivity index (χ2v) is 7.00. The molecular formula is C20H29N5O. The Morgan fingerprint density at radius 3 is 2.46 bits per heavy atom. The number of likely N-dealkylation sites (N-methyl/N-ethyl adjacent to an activating group) is 1. The van der Waals surface area contributed by atoms with Gasteiger partial charge in [0, 0.05) is 39.8 Å². The molecule has 0 atom stereocenters. The maximum absolute atomic E-state index is 11.3. The van der Waals surface area contributed by atoms with E-state index in [4.69, 9.17) is 5.84 Å². The fourth-order valence-corrected chi connectivity index (χ4v) is 3.53. The van der Waals surface area contributed by atoms with E-state index < -0.39 is 0 Å². The van der Waals surface area contributed by atoms with Gasteiger partial charge >= 0.3 is 0 Å². The number of rotatable bonds is 6. The van der Waals surface area contributed by atoms with Crippen molar-refractivity contribution in [2.24, 2.45) is 5.84 Å². The molecule has 2 aliphatic rings. The zero-order valence-corrected chi connectivity index (χ0v) is 15.5. The lowest BCUT2D eigenvalue weighted by Crippen LogP contribution is -2.46. The second-order valence-electron chi connectivity index (χ2n) is 7.00. The first-order valence-electron chi connectivity index (χ1n) is 9.29. The van der Waals surface area contributed by atoms with Gasteiger partial charge in [-0.05, 0) is 30.0 Å². The number of hydrogen-bond acceptors (Lipinski definition) is 5. The monoisotopic (exact) mass is 355 g/mol. The van der Waals surface area contributed by atoms with Crippen molar-refractivity contribution in [1.82, 2.24) is 20.5 Å². The number of piperazine rings is 1. The highest BCUT2D eigenvalue weighted by Gasteiger charge is 2.19. The summed E-state index contributed by atoms with van der Waals surface area (Å²) in [4.78, 5) is 16.1. The highest BCUT2D eigenvalue weighted by Crippen LogP contribution is 2.20. The van der Waals surface area contributed by atoms with E-state index in [1.807, 2.05) is 12.1 Å². The summed E-state index contributed by atoms with van der Waals surface area (Å²) in [5.41, 5.74) is 5.90. The van der Waals surface area contributed by atoms with Crippen molar-refractivity contribution >= 4 is 5.91 Å². The predicted molar refractivity (Wildman–Crippen MR) is 104 cm³/mol. The molecule has 4 N–H and O–H groups in total. The van der Waals surface area contributed by atoms with Crippen LogP contribution in [0.2, 0.25) is 0 Å². The van der Waals surface area contributed by atoms with Gasteiger partial charge in [-0.25, -0.2) is 5.84 Å². The van der Waals surface area contributed by atoms with Crippen LogP contribution in [0, 0.1) is 0 Å². The van der Waals surface area contributed by atoms with E-state index in [-0.39, 0.29) is 5.91 Å². The zero-order chi connectivity index (χ0) is 18.4. The number of nitrogens with one attached hydrogen (secondary N) is 2. The molecule has 1 amide bonds. The van der Waals surface area contributed by atoms with Crippen LogP contribution in [-0.2, 0) is 17.6 Å². The van der Waals surface area contributed by atoms with E-state index >= 15 is 0 Å². The standard InChI is InChI=1S/C20H29N5O/c1-24-15-18(8-9-20(24)25-12-10-22-11-13-25)7-4-16-2-5-17(6-3-16)14-19(26)23-21/h2-3,5-6,8-9,22H,4,7,10-15,21H2,1H3,(H,23,26). The number of hydrogen-bond donors (Lipinski definition) is 3. The number of carbonyl (C=O) groups excluding carboxylic acids is 1. The first-order chi connectivity index (χ1) is 12.7. The lowest BCUT2D eigenvalue weighted by atomic mass is 10.0. The molecule has 1 aromatic carbocycles. The van der Waals surface area contributed by atoms with Gasteiger partial charge in [0.2, 0.25) is 5.91 Å². The number of nitrogens with zero attached hydrogens (tertiary/aromatic N) is 2. The smallest absolute Gasteiger partial charge is 0.238 e. The minimum Gasteiger partial charge on any atom is -0.357 e. The molecule has 0 bridgehead atoms. The fourth-order valence-electron chi connectivity index (χ4n) is 3.53. The topological polar surface area (TPSA) is 73.6 Å². The van der Waals surface area contributed by atoms with E-state index in [0.717, 1.165) is 51.1 Å². The Balaban J connectivity index is 1.54. The summed E-state index contributed by atoms with van der Waals surface area (Å²) in [5.74, 6) is 6.29. The van der Waals surface area contributed by atoms with Crippen LogP contribution < -0.4 is 16.6 Å². The Kier molecular flexibility index (Phi) is 6.30. The quantitative estimate of drug-likeness (QED) is 0.399. The van der Waals surface area contributed by atoms with E-state index in [2.05, 4.69) is 51.9 Å². The van der Waals surface area contributed by atoms with Crippen LogP contribution >= 0.6 is 0 Å². The van der Waals surface area contributed by atoms with Crippen molar-refractivity contribution < 1.29 is 4.79 Å². The largest absolute Gasteiger partial charge is 0.357 e. The molecule has 0 unspecified atom stereocenters. The summed E-state index contributed by atoms with van der Waals surface area (Å²) < 4.78 is 0. The molecule has 6 nitrogen and oxygen atoms in total. The molecule has 0 aliphatic carbocycles. The van der Waals surface area contributed by atoms with Gasteiger partial charge in [0.15, 0.2) is 0 Å². The molecule has 1 fully saturated rings. The van der Waals surface area contributed by atoms with Gasteiger partial charge in [-0.15, -0.1) is 0 Å². The molecule has 1 saturated heterocycles. The third-order valence-electron chi connectivity index (χ3n) is 5.02. The molecule has 0 aromatic heterocycles. The van der Waals surface area contributed by atoms with Gasteiger partial charge in [-0.1, -0.05) is 35.9 Å². The first kappa shape index (κ1) is 18.5. The first-order valence-corrected chi connectivity index (χ1v) is 9.29. The molecule has 2 aliphatic heterocycles. The Bertz CT molecular complexity index is 674. The molecule has 2 heterocycles. The average molecular weight is 355 g/mol. The predicted octanol–water partition coefficient (Wildman–Crippen LogP) is 0.770. The van der Waals surface area contributed by atoms with Crippen molar-refractivity contribution in [1.29, 1.82) is 0 Å². The summed E-state index contributed by atoms with van der Waals surface area (Å²) in [5, 5.41) is 3.40. The maximum atomic E-state index is 11.3. The van der Waals surface area contributed by atoms with Gasteiger partial charge < -0.3 is 15.1 Å². The Morgan fingerprint density at radius 2 is 1.81 bits per heavy atom. The number of allylic oxidation sites excluding steroid dienone is 2. The molecular weight excluding hydrogens is 326 g/mol. The van der Waals surface area contributed by atoms with Gasteiger partial charge in [0.05, 0.1) is 6.42 Å². The zero-order valence-electron chi connectivity index (χ0n) is 15.5. The van der Waals surface area contributed by atoms with Crippen molar-refractivity contribution in [3.63, 3.8) is 0 Å². The molecule has 0 spiro atoms. The number of nitrogens with two attached hydrogens (primary N) is 1. The number of aryl methyl sites for hydroxylation is 1. The lowest BCUT2D eigenvalue weighted by Gasteiger charge is -2.38. The van der Waals surface area contributed by atoms with Crippen LogP contribution in [0.4, 0.5) is 0 Å². The average Bonchev–Trinajstić information content (AvgIpc) is 2.68. The number of hydrazine groups is 1. The summed E-state index contributed by atoms with van der Waals surface area (Å²) in [6.45, 7) is 5.27. The van der Waals surface area contributed by atoms with Crippen LogP contribution in [0.5, 0.6) is 0 Å². The second kappa shape index (κ2) is 8.87. The third kappa shape index (κ3) is 4.86. The third-order valence-corrected chi connectivity index (χ3v) is 5.02. The molecule has 6 heteroatoms. The number of carbonyl (C=O) groups is 1. The molecule has 140 valence electrons. The molecule has 0 radical (unpaired) electrons. The SMILES string of the molecule is CN1CC(CCc2ccc(CC(=O)NN)cc2)=CC=C1N1CCNCC1. The highest BCUT2D eigenvalue weighted by atomic mass is 16.2. The van der Waals surface area contributed by atoms with Crippen LogP contribution in [0.3, 0.4) is 0 Å². The van der Waals surface area contributed by atoms with Gasteiger partial charge in [-0.3, -0.25) is 10.2 Å². The van der Waals surface area contributed by atoms with E-state index in [0.29, 0.717) is 6.42 Å². The number of benzene rings is 1. The van der Waals surface area contributed by atoms with Crippen LogP contribution in [0.25, 0.3) is 0 Å². The molecule has 3 rings (SSSR count). The summed E-state index contributed by atoms with van der Waals surface area (Å²) in [6, 6.07) is 8.23. The summed E-state index contributed by atoms with van der Waals surface area (Å²) >= 11 is 0. The summed E-state index contributed by atoms with van der Waals surface area (Å²) in [7, 11) is 2.18. The van der Waals surface area contributed by atoms with Crippen LogP contribution in [-0.4, -0.2) is 55.5 Å². The Morgan fingerprint density at radius 1 is 1.12 bits per heavy atom. The van der Waals surface area contributed by atoms with E-state index in [1.165, 1.54) is 17.0 Å². The summed E-state index contributed by atoms with van der Waals surface area (Å²) in [6.07, 6.45) is 6.94. The fraction of sp³-hybridized carbons (Fsp3) is 0.450. The van der Waals surface area contributed by atoms with Gasteiger partial charge in [-0.2, -0.15) is 0 Å². The Hall–Kier alpha value is -2.31. The van der Waals surface area contributed by atoms with Crippen molar-refractivity contribution in [2.75, 3.05) is 39.8 Å². The van der Waals surface area contributed by atoms with Crippen molar-refractivity contribution in [3.8, 4) is 0 Å². The van der Waals surface area contributed by atoms with Gasteiger partial charge in [0.25, 0.3) is 0 Å². The molecule has 1 aromatic rings. The van der Waals surface area contributed by atoms with Gasteiger partial charge in [0.1, 0.15) is 5.82 Å². The van der Waals surface area contributed by atoms with Crippen LogP contribution in [0.1, 0.15) is 17.5 Å². The van der Waals surface area contributed by atoms with Crippen molar-refractivity contribution in [2.45, 2.75) is 19.3 Å². The minimum absolute atomic E-state index is 0.166. The van der Waals surface area contributed by atoms with E-state index in [9.17, 15) is 4.79 Å². The number of amides is 1. The lowest BCUT2D eigenvalue weighted by molar-refractivity contribution is -0.120. The molecule has 0 saturated carbocycles.